The largest absolute Gasteiger partial charge is 0.480 e. The second kappa shape index (κ2) is 7.03. The average molecular weight is 308 g/mol. The summed E-state index contributed by atoms with van der Waals surface area (Å²) in [6, 6.07) is -2.11. The second-order valence-electron chi connectivity index (χ2n) is 5.80. The van der Waals surface area contributed by atoms with E-state index in [0.29, 0.717) is 6.42 Å². The molecule has 1 amide bonds. The van der Waals surface area contributed by atoms with Crippen LogP contribution in [0.15, 0.2) is 0 Å². The summed E-state index contributed by atoms with van der Waals surface area (Å²) in [6.07, 6.45) is 0.434. The van der Waals surface area contributed by atoms with E-state index in [4.69, 9.17) is 5.11 Å². The summed E-state index contributed by atoms with van der Waals surface area (Å²) in [5.41, 5.74) is -0.677. The summed E-state index contributed by atoms with van der Waals surface area (Å²) in [4.78, 5) is 23.0. The third-order valence-electron chi connectivity index (χ3n) is 2.62. The first kappa shape index (κ1) is 18.9. The average Bonchev–Trinajstić information content (AvgIpc) is 2.22. The van der Waals surface area contributed by atoms with Crippen molar-refractivity contribution in [3.63, 3.8) is 0 Å². The first-order chi connectivity index (χ1) is 8.90. The highest BCUT2D eigenvalue weighted by molar-refractivity contribution is 7.89. The SMILES string of the molecule is CCCS(=O)(=O)NC(C)C(=O)N[C@@H](C(=O)O)C(C)(C)C. The van der Waals surface area contributed by atoms with Crippen LogP contribution in [0.2, 0.25) is 0 Å². The van der Waals surface area contributed by atoms with Crippen LogP contribution >= 0.6 is 0 Å². The van der Waals surface area contributed by atoms with Gasteiger partial charge in [-0.05, 0) is 18.8 Å². The van der Waals surface area contributed by atoms with E-state index < -0.39 is 39.4 Å². The van der Waals surface area contributed by atoms with Gasteiger partial charge in [0, 0.05) is 0 Å². The first-order valence-electron chi connectivity index (χ1n) is 6.44. The van der Waals surface area contributed by atoms with Gasteiger partial charge in [-0.3, -0.25) is 4.79 Å². The molecular formula is C12H24N2O5S. The topological polar surface area (TPSA) is 113 Å². The van der Waals surface area contributed by atoms with Crippen LogP contribution in [-0.2, 0) is 19.6 Å². The van der Waals surface area contributed by atoms with Crippen molar-refractivity contribution in [3.05, 3.63) is 0 Å². The summed E-state index contributed by atoms with van der Waals surface area (Å²) < 4.78 is 25.3. The zero-order chi connectivity index (χ0) is 16.1. The van der Waals surface area contributed by atoms with E-state index in [2.05, 4.69) is 10.0 Å². The Labute approximate surface area is 120 Å². The van der Waals surface area contributed by atoms with Crippen molar-refractivity contribution in [2.75, 3.05) is 5.75 Å². The molecule has 0 fully saturated rings. The Morgan fingerprint density at radius 2 is 1.75 bits per heavy atom. The number of aliphatic carboxylic acids is 1. The van der Waals surface area contributed by atoms with Crippen LogP contribution in [0.25, 0.3) is 0 Å². The molecule has 0 bridgehead atoms. The Balaban J connectivity index is 4.79. The summed E-state index contributed by atoms with van der Waals surface area (Å²) >= 11 is 0. The van der Waals surface area contributed by atoms with Crippen LogP contribution in [0, 0.1) is 5.41 Å². The van der Waals surface area contributed by atoms with Crippen molar-refractivity contribution in [2.45, 2.75) is 53.1 Å². The van der Waals surface area contributed by atoms with Gasteiger partial charge in [-0.1, -0.05) is 27.7 Å². The second-order valence-corrected chi connectivity index (χ2v) is 7.68. The maximum Gasteiger partial charge on any atom is 0.326 e. The van der Waals surface area contributed by atoms with Gasteiger partial charge in [-0.25, -0.2) is 17.9 Å². The smallest absolute Gasteiger partial charge is 0.326 e. The molecule has 0 radical (unpaired) electrons. The quantitative estimate of drug-likeness (QED) is 0.627. The van der Waals surface area contributed by atoms with E-state index >= 15 is 0 Å². The minimum atomic E-state index is -3.53. The Bertz CT molecular complexity index is 453. The molecule has 0 rings (SSSR count). The predicted molar refractivity (Wildman–Crippen MR) is 75.7 cm³/mol. The van der Waals surface area contributed by atoms with E-state index in [9.17, 15) is 18.0 Å². The number of nitrogens with one attached hydrogen (secondary N) is 2. The molecule has 2 atom stereocenters. The molecule has 0 spiro atoms. The van der Waals surface area contributed by atoms with Crippen LogP contribution in [0.3, 0.4) is 0 Å². The minimum Gasteiger partial charge on any atom is -0.480 e. The lowest BCUT2D eigenvalue weighted by Crippen LogP contribution is -2.54. The molecule has 0 aliphatic heterocycles. The third kappa shape index (κ3) is 6.33. The van der Waals surface area contributed by atoms with Gasteiger partial charge in [0.05, 0.1) is 11.8 Å². The molecular weight excluding hydrogens is 284 g/mol. The fourth-order valence-electron chi connectivity index (χ4n) is 1.57. The van der Waals surface area contributed by atoms with Gasteiger partial charge < -0.3 is 10.4 Å². The lowest BCUT2D eigenvalue weighted by Gasteiger charge is -2.28. The van der Waals surface area contributed by atoms with Crippen molar-refractivity contribution < 1.29 is 23.1 Å². The molecule has 0 aliphatic rings. The Morgan fingerprint density at radius 3 is 2.10 bits per heavy atom. The Hall–Kier alpha value is -1.15. The zero-order valence-corrected chi connectivity index (χ0v) is 13.4. The number of hydrogen-bond acceptors (Lipinski definition) is 4. The number of carbonyl (C=O) groups is 2. The molecule has 0 aliphatic carbocycles. The number of carbonyl (C=O) groups excluding carboxylic acids is 1. The molecule has 0 heterocycles. The first-order valence-corrected chi connectivity index (χ1v) is 8.09. The van der Waals surface area contributed by atoms with Crippen molar-refractivity contribution in [3.8, 4) is 0 Å². The predicted octanol–water partition coefficient (Wildman–Crippen LogP) is 0.320. The molecule has 0 saturated heterocycles. The summed E-state index contributed by atoms with van der Waals surface area (Å²) in [5.74, 6) is -1.90. The van der Waals surface area contributed by atoms with Gasteiger partial charge in [0.2, 0.25) is 15.9 Å². The number of hydrogen-bond donors (Lipinski definition) is 3. The van der Waals surface area contributed by atoms with Crippen LogP contribution in [-0.4, -0.2) is 43.2 Å². The molecule has 3 N–H and O–H groups in total. The van der Waals surface area contributed by atoms with Gasteiger partial charge in [0.1, 0.15) is 6.04 Å². The van der Waals surface area contributed by atoms with Gasteiger partial charge in [-0.15, -0.1) is 0 Å². The number of amides is 1. The van der Waals surface area contributed by atoms with Gasteiger partial charge in [-0.2, -0.15) is 0 Å². The molecule has 0 aromatic rings. The van der Waals surface area contributed by atoms with Gasteiger partial charge in [0.15, 0.2) is 0 Å². The van der Waals surface area contributed by atoms with Crippen LogP contribution < -0.4 is 10.0 Å². The lowest BCUT2D eigenvalue weighted by molar-refractivity contribution is -0.145. The van der Waals surface area contributed by atoms with E-state index in [1.807, 2.05) is 0 Å². The summed E-state index contributed by atoms with van der Waals surface area (Å²) in [6.45, 7) is 8.13. The van der Waals surface area contributed by atoms with E-state index in [1.165, 1.54) is 6.92 Å². The van der Waals surface area contributed by atoms with Crippen molar-refractivity contribution in [1.29, 1.82) is 0 Å². The summed E-state index contributed by atoms with van der Waals surface area (Å²) in [7, 11) is -3.53. The fraction of sp³-hybridized carbons (Fsp3) is 0.833. The zero-order valence-electron chi connectivity index (χ0n) is 12.6. The lowest BCUT2D eigenvalue weighted by atomic mass is 9.86. The Kier molecular flexibility index (Phi) is 6.63. The van der Waals surface area contributed by atoms with Crippen LogP contribution in [0.4, 0.5) is 0 Å². The van der Waals surface area contributed by atoms with Crippen molar-refractivity contribution >= 4 is 21.9 Å². The van der Waals surface area contributed by atoms with Crippen molar-refractivity contribution in [2.24, 2.45) is 5.41 Å². The van der Waals surface area contributed by atoms with E-state index in [1.54, 1.807) is 27.7 Å². The number of carboxylic acids is 1. The van der Waals surface area contributed by atoms with Gasteiger partial charge >= 0.3 is 5.97 Å². The highest BCUT2D eigenvalue weighted by Gasteiger charge is 2.34. The molecule has 0 saturated carbocycles. The maximum atomic E-state index is 11.9. The van der Waals surface area contributed by atoms with E-state index in [0.717, 1.165) is 0 Å². The summed E-state index contributed by atoms with van der Waals surface area (Å²) in [5, 5.41) is 11.5. The molecule has 20 heavy (non-hydrogen) atoms. The standard InChI is InChI=1S/C12H24N2O5S/c1-6-7-20(18,19)14-8(2)10(15)13-9(11(16)17)12(3,4)5/h8-9,14H,6-7H2,1-5H3,(H,13,15)(H,16,17)/t8?,9-/m0/s1. The number of rotatable bonds is 7. The highest BCUT2D eigenvalue weighted by Crippen LogP contribution is 2.19. The molecule has 8 heteroatoms. The van der Waals surface area contributed by atoms with Crippen LogP contribution in [0.1, 0.15) is 41.0 Å². The third-order valence-corrected chi connectivity index (χ3v) is 4.28. The molecule has 0 aromatic heterocycles. The highest BCUT2D eigenvalue weighted by atomic mass is 32.2. The Morgan fingerprint density at radius 1 is 1.25 bits per heavy atom. The van der Waals surface area contributed by atoms with E-state index in [-0.39, 0.29) is 5.75 Å². The fourth-order valence-corrected chi connectivity index (χ4v) is 2.87. The number of sulfonamides is 1. The van der Waals surface area contributed by atoms with Crippen molar-refractivity contribution in [1.82, 2.24) is 10.0 Å². The van der Waals surface area contributed by atoms with Gasteiger partial charge in [0.25, 0.3) is 0 Å². The molecule has 7 nitrogen and oxygen atoms in total. The van der Waals surface area contributed by atoms with Crippen LogP contribution in [0.5, 0.6) is 0 Å². The monoisotopic (exact) mass is 308 g/mol. The molecule has 0 aromatic carbocycles. The molecule has 118 valence electrons. The minimum absolute atomic E-state index is 0.0771. The normalized spacial score (nSPS) is 15.4. The maximum absolute atomic E-state index is 11.9. The molecule has 1 unspecified atom stereocenters. The number of carboxylic acid groups (broad SMARTS) is 1.